The summed E-state index contributed by atoms with van der Waals surface area (Å²) >= 11 is 0. The minimum atomic E-state index is -0.448. The highest BCUT2D eigenvalue weighted by Gasteiger charge is 2.47. The Morgan fingerprint density at radius 1 is 1.38 bits per heavy atom. The number of carbonyl (C=O) groups is 1. The van der Waals surface area contributed by atoms with E-state index < -0.39 is 5.60 Å². The summed E-state index contributed by atoms with van der Waals surface area (Å²) in [6.45, 7) is 6.40. The summed E-state index contributed by atoms with van der Waals surface area (Å²) in [6, 6.07) is -0.0707. The van der Waals surface area contributed by atoms with E-state index in [1.165, 1.54) is 6.42 Å². The fourth-order valence-electron chi connectivity index (χ4n) is 2.30. The third-order valence-electron chi connectivity index (χ3n) is 3.22. The highest BCUT2D eigenvalue weighted by atomic mass is 16.6. The summed E-state index contributed by atoms with van der Waals surface area (Å²) in [4.78, 5) is 13.7. The van der Waals surface area contributed by atoms with Crippen molar-refractivity contribution in [2.24, 2.45) is 11.8 Å². The summed E-state index contributed by atoms with van der Waals surface area (Å²) in [5.41, 5.74) is -0.448. The van der Waals surface area contributed by atoms with Gasteiger partial charge in [0.05, 0.1) is 6.04 Å². The number of terminal acetylenes is 1. The Kier molecular flexibility index (Phi) is 2.61. The minimum Gasteiger partial charge on any atom is -0.444 e. The first-order chi connectivity index (χ1) is 7.40. The van der Waals surface area contributed by atoms with Crippen LogP contribution in [0.5, 0.6) is 0 Å². The highest BCUT2D eigenvalue weighted by molar-refractivity contribution is 5.69. The predicted molar refractivity (Wildman–Crippen MR) is 61.8 cm³/mol. The lowest BCUT2D eigenvalue weighted by Crippen LogP contribution is -2.46. The zero-order valence-electron chi connectivity index (χ0n) is 10.2. The lowest BCUT2D eigenvalue weighted by molar-refractivity contribution is 0.0148. The minimum absolute atomic E-state index is 0.0707. The van der Waals surface area contributed by atoms with E-state index in [1.54, 1.807) is 4.90 Å². The maximum absolute atomic E-state index is 12.0. The van der Waals surface area contributed by atoms with E-state index in [-0.39, 0.29) is 12.1 Å². The van der Waals surface area contributed by atoms with Gasteiger partial charge in [-0.15, -0.1) is 6.42 Å². The van der Waals surface area contributed by atoms with Gasteiger partial charge in [-0.1, -0.05) is 5.92 Å². The Labute approximate surface area is 97.1 Å². The van der Waals surface area contributed by atoms with Crippen molar-refractivity contribution in [1.82, 2.24) is 4.90 Å². The molecule has 0 bridgehead atoms. The van der Waals surface area contributed by atoms with Gasteiger partial charge in [0.1, 0.15) is 5.60 Å². The van der Waals surface area contributed by atoms with Gasteiger partial charge in [-0.2, -0.15) is 0 Å². The SMILES string of the molecule is C#C[C@@H]1C[C@@H]2C[C@@H]2CN1C(=O)OC(C)(C)C. The first kappa shape index (κ1) is 11.3. The molecular formula is C13H19NO2. The van der Waals surface area contributed by atoms with Gasteiger partial charge in [0.15, 0.2) is 0 Å². The summed E-state index contributed by atoms with van der Waals surface area (Å²) in [5, 5.41) is 0. The average Bonchev–Trinajstić information content (AvgIpc) is 2.90. The number of rotatable bonds is 0. The lowest BCUT2D eigenvalue weighted by atomic mass is 10.0. The average molecular weight is 221 g/mol. The van der Waals surface area contributed by atoms with Crippen LogP contribution in [0.15, 0.2) is 0 Å². The number of carbonyl (C=O) groups excluding carboxylic acids is 1. The van der Waals surface area contributed by atoms with E-state index in [0.29, 0.717) is 5.92 Å². The first-order valence-electron chi connectivity index (χ1n) is 5.86. The number of amides is 1. The lowest BCUT2D eigenvalue weighted by Gasteiger charge is -2.33. The number of ether oxygens (including phenoxy) is 1. The smallest absolute Gasteiger partial charge is 0.411 e. The van der Waals surface area contributed by atoms with Gasteiger partial charge < -0.3 is 4.74 Å². The third-order valence-corrected chi connectivity index (χ3v) is 3.22. The van der Waals surface area contributed by atoms with Crippen LogP contribution in [-0.4, -0.2) is 29.2 Å². The molecule has 3 atom stereocenters. The molecule has 16 heavy (non-hydrogen) atoms. The molecule has 3 heteroatoms. The number of nitrogens with zero attached hydrogens (tertiary/aromatic N) is 1. The number of likely N-dealkylation sites (tertiary alicyclic amines) is 1. The van der Waals surface area contributed by atoms with Crippen LogP contribution >= 0.6 is 0 Å². The molecule has 0 aromatic carbocycles. The van der Waals surface area contributed by atoms with Crippen molar-refractivity contribution in [3.05, 3.63) is 0 Å². The van der Waals surface area contributed by atoms with Crippen molar-refractivity contribution < 1.29 is 9.53 Å². The zero-order valence-corrected chi connectivity index (χ0v) is 10.2. The number of hydrogen-bond donors (Lipinski definition) is 0. The normalized spacial score (nSPS) is 32.6. The summed E-state index contributed by atoms with van der Waals surface area (Å²) in [6.07, 6.45) is 7.38. The van der Waals surface area contributed by atoms with Crippen LogP contribution in [0.4, 0.5) is 4.79 Å². The van der Waals surface area contributed by atoms with Crippen LogP contribution in [0.1, 0.15) is 33.6 Å². The van der Waals surface area contributed by atoms with Crippen LogP contribution < -0.4 is 0 Å². The van der Waals surface area contributed by atoms with Gasteiger partial charge >= 0.3 is 6.09 Å². The predicted octanol–water partition coefficient (Wildman–Crippen LogP) is 2.27. The highest BCUT2D eigenvalue weighted by Crippen LogP contribution is 2.47. The molecule has 0 unspecified atom stereocenters. The molecule has 1 heterocycles. The van der Waals surface area contributed by atoms with E-state index in [2.05, 4.69) is 5.92 Å². The molecule has 0 aromatic rings. The summed E-state index contributed by atoms with van der Waals surface area (Å²) in [5.74, 6) is 4.12. The number of piperidine rings is 1. The molecule has 2 rings (SSSR count). The third kappa shape index (κ3) is 2.32. The van der Waals surface area contributed by atoms with Gasteiger partial charge in [-0.25, -0.2) is 4.79 Å². The molecule has 1 amide bonds. The summed E-state index contributed by atoms with van der Waals surface area (Å²) in [7, 11) is 0. The molecule has 1 saturated carbocycles. The van der Waals surface area contributed by atoms with E-state index in [4.69, 9.17) is 11.2 Å². The fraction of sp³-hybridized carbons (Fsp3) is 0.769. The molecule has 0 spiro atoms. The van der Waals surface area contributed by atoms with Crippen LogP contribution in [0.25, 0.3) is 0 Å². The van der Waals surface area contributed by atoms with Crippen LogP contribution in [0, 0.1) is 24.2 Å². The standard InChI is InChI=1S/C13H19NO2/c1-5-11-7-9-6-10(9)8-14(11)12(15)16-13(2,3)4/h1,9-11H,6-8H2,2-4H3/t9-,10+,11+/m0/s1. The number of hydrogen-bond acceptors (Lipinski definition) is 2. The van der Waals surface area contributed by atoms with Crippen molar-refractivity contribution in [2.45, 2.75) is 45.3 Å². The molecule has 3 nitrogen and oxygen atoms in total. The Morgan fingerprint density at radius 3 is 2.62 bits per heavy atom. The van der Waals surface area contributed by atoms with Crippen LogP contribution in [-0.2, 0) is 4.74 Å². The molecule has 2 fully saturated rings. The molecule has 0 N–H and O–H groups in total. The van der Waals surface area contributed by atoms with Crippen LogP contribution in [0.3, 0.4) is 0 Å². The van der Waals surface area contributed by atoms with Gasteiger partial charge in [-0.05, 0) is 45.4 Å². The largest absolute Gasteiger partial charge is 0.444 e. The fourth-order valence-corrected chi connectivity index (χ4v) is 2.30. The quantitative estimate of drug-likeness (QED) is 0.587. The summed E-state index contributed by atoms with van der Waals surface area (Å²) < 4.78 is 5.37. The zero-order chi connectivity index (χ0) is 11.9. The van der Waals surface area contributed by atoms with E-state index >= 15 is 0 Å². The molecular weight excluding hydrogens is 202 g/mol. The Hall–Kier alpha value is -1.17. The van der Waals surface area contributed by atoms with E-state index in [1.807, 2.05) is 20.8 Å². The molecule has 1 aliphatic carbocycles. The Balaban J connectivity index is 2.01. The van der Waals surface area contributed by atoms with Gasteiger partial charge in [-0.3, -0.25) is 4.90 Å². The Bertz CT molecular complexity index is 337. The van der Waals surface area contributed by atoms with Crippen molar-refractivity contribution in [3.63, 3.8) is 0 Å². The second kappa shape index (κ2) is 3.69. The van der Waals surface area contributed by atoms with Gasteiger partial charge in [0.2, 0.25) is 0 Å². The van der Waals surface area contributed by atoms with E-state index in [0.717, 1.165) is 18.9 Å². The van der Waals surface area contributed by atoms with Crippen molar-refractivity contribution >= 4 is 6.09 Å². The number of fused-ring (bicyclic) bond motifs is 1. The van der Waals surface area contributed by atoms with Gasteiger partial charge in [0, 0.05) is 6.54 Å². The molecule has 0 aromatic heterocycles. The molecule has 88 valence electrons. The topological polar surface area (TPSA) is 29.5 Å². The maximum atomic E-state index is 12.0. The monoisotopic (exact) mass is 221 g/mol. The van der Waals surface area contributed by atoms with E-state index in [9.17, 15) is 4.79 Å². The second-order valence-corrected chi connectivity index (χ2v) is 5.81. The molecule has 1 aliphatic heterocycles. The van der Waals surface area contributed by atoms with Crippen molar-refractivity contribution in [1.29, 1.82) is 0 Å². The second-order valence-electron chi connectivity index (χ2n) is 5.81. The molecule has 2 aliphatic rings. The van der Waals surface area contributed by atoms with Crippen molar-refractivity contribution in [2.75, 3.05) is 6.54 Å². The van der Waals surface area contributed by atoms with Gasteiger partial charge in [0.25, 0.3) is 0 Å². The Morgan fingerprint density at radius 2 is 2.06 bits per heavy atom. The molecule has 0 radical (unpaired) electrons. The first-order valence-corrected chi connectivity index (χ1v) is 5.86. The van der Waals surface area contributed by atoms with Crippen molar-refractivity contribution in [3.8, 4) is 12.3 Å². The molecule has 1 saturated heterocycles. The van der Waals surface area contributed by atoms with Crippen LogP contribution in [0.2, 0.25) is 0 Å². The maximum Gasteiger partial charge on any atom is 0.411 e.